The number of piperazine rings is 1. The lowest BCUT2D eigenvalue weighted by atomic mass is 10.1. The van der Waals surface area contributed by atoms with E-state index in [4.69, 9.17) is 0 Å². The summed E-state index contributed by atoms with van der Waals surface area (Å²) in [5.41, 5.74) is 2.73. The molecule has 19 heavy (non-hydrogen) atoms. The van der Waals surface area contributed by atoms with Crippen molar-refractivity contribution < 1.29 is 4.79 Å². The third kappa shape index (κ3) is 3.70. The van der Waals surface area contributed by atoms with Gasteiger partial charge in [-0.05, 0) is 17.5 Å². The fourth-order valence-corrected chi connectivity index (χ4v) is 2.41. The molecule has 0 aliphatic carbocycles. The van der Waals surface area contributed by atoms with Crippen LogP contribution in [-0.2, 0) is 13.0 Å². The van der Waals surface area contributed by atoms with Gasteiger partial charge in [0.1, 0.15) is 0 Å². The van der Waals surface area contributed by atoms with Crippen LogP contribution in [0.1, 0.15) is 18.1 Å². The molecule has 2 amide bonds. The predicted octanol–water partition coefficient (Wildman–Crippen LogP) is 1.71. The van der Waals surface area contributed by atoms with Crippen LogP contribution in [0.25, 0.3) is 0 Å². The van der Waals surface area contributed by atoms with E-state index in [9.17, 15) is 4.79 Å². The van der Waals surface area contributed by atoms with Crippen molar-refractivity contribution in [2.75, 3.05) is 33.2 Å². The predicted molar refractivity (Wildman–Crippen MR) is 77.1 cm³/mol. The Bertz CT molecular complexity index is 408. The zero-order valence-corrected chi connectivity index (χ0v) is 11.9. The Morgan fingerprint density at radius 3 is 2.21 bits per heavy atom. The maximum absolute atomic E-state index is 11.5. The van der Waals surface area contributed by atoms with Gasteiger partial charge in [0.15, 0.2) is 0 Å². The lowest BCUT2D eigenvalue weighted by molar-refractivity contribution is 0.136. The Labute approximate surface area is 115 Å². The molecular formula is C15H23N3O. The van der Waals surface area contributed by atoms with E-state index in [-0.39, 0.29) is 6.03 Å². The molecule has 0 bridgehead atoms. The summed E-state index contributed by atoms with van der Waals surface area (Å²) in [4.78, 5) is 15.8. The van der Waals surface area contributed by atoms with E-state index in [1.54, 1.807) is 7.05 Å². The minimum absolute atomic E-state index is 0.0342. The summed E-state index contributed by atoms with van der Waals surface area (Å²) in [6, 6.07) is 8.87. The standard InChI is InChI=1S/C15H23N3O/c1-3-13-4-6-14(7-5-13)12-17-8-10-18(11-9-17)15(19)16-2/h4-7H,3,8-12H2,1-2H3,(H,16,19). The maximum Gasteiger partial charge on any atom is 0.317 e. The largest absolute Gasteiger partial charge is 0.341 e. The highest BCUT2D eigenvalue weighted by molar-refractivity contribution is 5.73. The molecular weight excluding hydrogens is 238 g/mol. The summed E-state index contributed by atoms with van der Waals surface area (Å²) in [6.07, 6.45) is 1.09. The molecule has 104 valence electrons. The SMILES string of the molecule is CCc1ccc(CN2CCN(C(=O)NC)CC2)cc1. The van der Waals surface area contributed by atoms with Gasteiger partial charge < -0.3 is 10.2 Å². The van der Waals surface area contributed by atoms with Gasteiger partial charge in [0.2, 0.25) is 0 Å². The number of aryl methyl sites for hydroxylation is 1. The van der Waals surface area contributed by atoms with E-state index in [2.05, 4.69) is 41.4 Å². The molecule has 0 aromatic heterocycles. The number of carbonyl (C=O) groups is 1. The lowest BCUT2D eigenvalue weighted by Gasteiger charge is -2.34. The minimum atomic E-state index is 0.0342. The number of nitrogens with zero attached hydrogens (tertiary/aromatic N) is 2. The van der Waals surface area contributed by atoms with E-state index in [0.717, 1.165) is 39.1 Å². The number of rotatable bonds is 3. The van der Waals surface area contributed by atoms with E-state index < -0.39 is 0 Å². The van der Waals surface area contributed by atoms with Crippen molar-refractivity contribution in [3.63, 3.8) is 0 Å². The van der Waals surface area contributed by atoms with E-state index in [1.807, 2.05) is 4.90 Å². The average molecular weight is 261 g/mol. The number of amides is 2. The zero-order chi connectivity index (χ0) is 13.7. The van der Waals surface area contributed by atoms with Crippen LogP contribution >= 0.6 is 0 Å². The topological polar surface area (TPSA) is 35.6 Å². The number of hydrogen-bond donors (Lipinski definition) is 1. The van der Waals surface area contributed by atoms with Gasteiger partial charge in [-0.2, -0.15) is 0 Å². The molecule has 4 nitrogen and oxygen atoms in total. The van der Waals surface area contributed by atoms with Crippen molar-refractivity contribution >= 4 is 6.03 Å². The van der Waals surface area contributed by atoms with Gasteiger partial charge in [0.05, 0.1) is 0 Å². The second-order valence-corrected chi connectivity index (χ2v) is 4.99. The van der Waals surface area contributed by atoms with Gasteiger partial charge in [0, 0.05) is 39.8 Å². The van der Waals surface area contributed by atoms with Gasteiger partial charge in [-0.25, -0.2) is 4.79 Å². The normalized spacial score (nSPS) is 16.4. The summed E-state index contributed by atoms with van der Waals surface area (Å²) in [6.45, 7) is 6.67. The molecule has 1 aromatic carbocycles. The summed E-state index contributed by atoms with van der Waals surface area (Å²) in [7, 11) is 1.68. The van der Waals surface area contributed by atoms with E-state index in [0.29, 0.717) is 0 Å². The molecule has 0 radical (unpaired) electrons. The Balaban J connectivity index is 1.83. The van der Waals surface area contributed by atoms with Crippen LogP contribution in [-0.4, -0.2) is 49.1 Å². The number of carbonyl (C=O) groups excluding carboxylic acids is 1. The maximum atomic E-state index is 11.5. The first-order valence-corrected chi connectivity index (χ1v) is 6.99. The highest BCUT2D eigenvalue weighted by atomic mass is 16.2. The smallest absolute Gasteiger partial charge is 0.317 e. The highest BCUT2D eigenvalue weighted by Gasteiger charge is 2.19. The third-order valence-corrected chi connectivity index (χ3v) is 3.71. The van der Waals surface area contributed by atoms with E-state index in [1.165, 1.54) is 11.1 Å². The Kier molecular flexibility index (Phi) is 4.80. The molecule has 0 spiro atoms. The fraction of sp³-hybridized carbons (Fsp3) is 0.533. The minimum Gasteiger partial charge on any atom is -0.341 e. The molecule has 0 unspecified atom stereocenters. The van der Waals surface area contributed by atoms with Gasteiger partial charge in [-0.3, -0.25) is 4.90 Å². The van der Waals surface area contributed by atoms with Gasteiger partial charge in [-0.15, -0.1) is 0 Å². The van der Waals surface area contributed by atoms with Crippen molar-refractivity contribution in [1.82, 2.24) is 15.1 Å². The van der Waals surface area contributed by atoms with Crippen LogP contribution < -0.4 is 5.32 Å². The van der Waals surface area contributed by atoms with Crippen molar-refractivity contribution in [2.24, 2.45) is 0 Å². The lowest BCUT2D eigenvalue weighted by Crippen LogP contribution is -2.50. The zero-order valence-electron chi connectivity index (χ0n) is 11.9. The van der Waals surface area contributed by atoms with Crippen LogP contribution in [0.15, 0.2) is 24.3 Å². The Morgan fingerprint density at radius 2 is 1.68 bits per heavy atom. The molecule has 4 heteroatoms. The molecule has 2 rings (SSSR count). The second kappa shape index (κ2) is 6.57. The van der Waals surface area contributed by atoms with Crippen LogP contribution in [0.5, 0.6) is 0 Å². The van der Waals surface area contributed by atoms with Crippen LogP contribution in [0.2, 0.25) is 0 Å². The van der Waals surface area contributed by atoms with Gasteiger partial charge >= 0.3 is 6.03 Å². The monoisotopic (exact) mass is 261 g/mol. The molecule has 1 fully saturated rings. The summed E-state index contributed by atoms with van der Waals surface area (Å²) in [5, 5.41) is 2.68. The first kappa shape index (κ1) is 13.9. The number of hydrogen-bond acceptors (Lipinski definition) is 2. The van der Waals surface area contributed by atoms with Crippen LogP contribution in [0.4, 0.5) is 4.79 Å². The number of nitrogens with one attached hydrogen (secondary N) is 1. The molecule has 1 aliphatic rings. The average Bonchev–Trinajstić information content (AvgIpc) is 2.48. The van der Waals surface area contributed by atoms with Crippen LogP contribution in [0.3, 0.4) is 0 Å². The second-order valence-electron chi connectivity index (χ2n) is 4.99. The molecule has 1 saturated heterocycles. The first-order valence-electron chi connectivity index (χ1n) is 6.99. The molecule has 1 aromatic rings. The van der Waals surface area contributed by atoms with Gasteiger partial charge in [0.25, 0.3) is 0 Å². The number of urea groups is 1. The van der Waals surface area contributed by atoms with Gasteiger partial charge in [-0.1, -0.05) is 31.2 Å². The van der Waals surface area contributed by atoms with Crippen molar-refractivity contribution in [2.45, 2.75) is 19.9 Å². The Hall–Kier alpha value is -1.55. The van der Waals surface area contributed by atoms with E-state index >= 15 is 0 Å². The molecule has 0 atom stereocenters. The quantitative estimate of drug-likeness (QED) is 0.899. The molecule has 1 N–H and O–H groups in total. The van der Waals surface area contributed by atoms with Crippen molar-refractivity contribution in [3.8, 4) is 0 Å². The van der Waals surface area contributed by atoms with Crippen molar-refractivity contribution in [3.05, 3.63) is 35.4 Å². The first-order chi connectivity index (χ1) is 9.22. The number of benzene rings is 1. The summed E-state index contributed by atoms with van der Waals surface area (Å²) >= 11 is 0. The molecule has 0 saturated carbocycles. The Morgan fingerprint density at radius 1 is 1.11 bits per heavy atom. The third-order valence-electron chi connectivity index (χ3n) is 3.71. The van der Waals surface area contributed by atoms with Crippen molar-refractivity contribution in [1.29, 1.82) is 0 Å². The fourth-order valence-electron chi connectivity index (χ4n) is 2.41. The van der Waals surface area contributed by atoms with Crippen LogP contribution in [0, 0.1) is 0 Å². The molecule has 1 aliphatic heterocycles. The highest BCUT2D eigenvalue weighted by Crippen LogP contribution is 2.10. The molecule has 1 heterocycles. The summed E-state index contributed by atoms with van der Waals surface area (Å²) in [5.74, 6) is 0. The summed E-state index contributed by atoms with van der Waals surface area (Å²) < 4.78 is 0.